The normalized spacial score (nSPS) is 11.8. The molecule has 0 spiro atoms. The van der Waals surface area contributed by atoms with E-state index in [0.29, 0.717) is 16.3 Å². The molecule has 0 aliphatic rings. The van der Waals surface area contributed by atoms with Crippen molar-refractivity contribution in [3.8, 4) is 0 Å². The van der Waals surface area contributed by atoms with Gasteiger partial charge in [-0.25, -0.2) is 12.4 Å². The fourth-order valence-electron chi connectivity index (χ4n) is 3.10. The van der Waals surface area contributed by atoms with Crippen molar-refractivity contribution in [2.75, 3.05) is 5.73 Å². The highest BCUT2D eigenvalue weighted by atomic mass is 32.2. The van der Waals surface area contributed by atoms with E-state index in [9.17, 15) is 13.2 Å². The molecule has 4 N–H and O–H groups in total. The zero-order valence-electron chi connectivity index (χ0n) is 13.5. The van der Waals surface area contributed by atoms with Gasteiger partial charge >= 0.3 is 0 Å². The van der Waals surface area contributed by atoms with Gasteiger partial charge in [0.2, 0.25) is 0 Å². The number of nitrogen functional groups attached to an aromatic ring is 1. The van der Waals surface area contributed by atoms with Crippen molar-refractivity contribution in [1.29, 1.82) is 0 Å². The standard InChI is InChI=1S/C18H14N4O3S/c19-15-12-7-1-2-8-13(12)22(17(15)18(20)23)26(24,25)14-9-3-5-11-6-4-10-21-16(11)14/h1-10H,19H2,(H2,20,23). The topological polar surface area (TPSA) is 121 Å². The Bertz CT molecular complexity index is 1290. The van der Waals surface area contributed by atoms with E-state index in [-0.39, 0.29) is 21.8 Å². The molecule has 1 amide bonds. The van der Waals surface area contributed by atoms with Gasteiger partial charge in [-0.1, -0.05) is 36.4 Å². The minimum Gasteiger partial charge on any atom is -0.396 e. The fraction of sp³-hybridized carbons (Fsp3) is 0. The first-order chi connectivity index (χ1) is 12.4. The molecule has 8 heteroatoms. The average molecular weight is 366 g/mol. The molecule has 0 aliphatic heterocycles. The van der Waals surface area contributed by atoms with Crippen molar-refractivity contribution in [3.63, 3.8) is 0 Å². The molecule has 26 heavy (non-hydrogen) atoms. The van der Waals surface area contributed by atoms with Gasteiger partial charge in [0.25, 0.3) is 15.9 Å². The number of aromatic nitrogens is 2. The van der Waals surface area contributed by atoms with Crippen molar-refractivity contribution in [2.24, 2.45) is 5.73 Å². The van der Waals surface area contributed by atoms with Crippen molar-refractivity contribution < 1.29 is 13.2 Å². The van der Waals surface area contributed by atoms with E-state index in [2.05, 4.69) is 4.98 Å². The minimum absolute atomic E-state index is 0.0288. The lowest BCUT2D eigenvalue weighted by atomic mass is 10.2. The van der Waals surface area contributed by atoms with Crippen LogP contribution < -0.4 is 11.5 Å². The summed E-state index contributed by atoms with van der Waals surface area (Å²) in [5.41, 5.74) is 11.8. The smallest absolute Gasteiger partial charge is 0.271 e. The zero-order chi connectivity index (χ0) is 18.5. The van der Waals surface area contributed by atoms with Crippen molar-refractivity contribution in [3.05, 3.63) is 66.5 Å². The van der Waals surface area contributed by atoms with Crippen LogP contribution in [-0.2, 0) is 10.0 Å². The Hall–Kier alpha value is -3.39. The lowest BCUT2D eigenvalue weighted by Crippen LogP contribution is -2.23. The van der Waals surface area contributed by atoms with Gasteiger partial charge in [0.05, 0.1) is 16.7 Å². The summed E-state index contributed by atoms with van der Waals surface area (Å²) in [6.07, 6.45) is 1.51. The SMILES string of the molecule is NC(=O)c1c(N)c2ccccc2n1S(=O)(=O)c1cccc2cccnc12. The van der Waals surface area contributed by atoms with Crippen LogP contribution in [0.25, 0.3) is 21.8 Å². The predicted molar refractivity (Wildman–Crippen MR) is 99.2 cm³/mol. The summed E-state index contributed by atoms with van der Waals surface area (Å²) < 4.78 is 27.8. The number of pyridine rings is 1. The molecular formula is C18H14N4O3S. The average Bonchev–Trinajstić information content (AvgIpc) is 2.95. The molecule has 0 unspecified atom stereocenters. The minimum atomic E-state index is -4.17. The fourth-order valence-corrected chi connectivity index (χ4v) is 4.81. The van der Waals surface area contributed by atoms with Gasteiger partial charge in [0.1, 0.15) is 10.6 Å². The second-order valence-corrected chi connectivity index (χ2v) is 7.50. The van der Waals surface area contributed by atoms with Gasteiger partial charge in [0, 0.05) is 17.0 Å². The van der Waals surface area contributed by atoms with E-state index in [0.717, 1.165) is 3.97 Å². The summed E-state index contributed by atoms with van der Waals surface area (Å²) in [5, 5.41) is 1.11. The van der Waals surface area contributed by atoms with Crippen LogP contribution in [0.5, 0.6) is 0 Å². The summed E-state index contributed by atoms with van der Waals surface area (Å²) in [6.45, 7) is 0. The number of amides is 1. The number of primary amides is 1. The van der Waals surface area contributed by atoms with Crippen molar-refractivity contribution in [1.82, 2.24) is 8.96 Å². The summed E-state index contributed by atoms with van der Waals surface area (Å²) in [6, 6.07) is 14.9. The molecule has 2 heterocycles. The zero-order valence-corrected chi connectivity index (χ0v) is 14.3. The highest BCUT2D eigenvalue weighted by Crippen LogP contribution is 2.33. The van der Waals surface area contributed by atoms with Gasteiger partial charge in [-0.3, -0.25) is 9.78 Å². The number of para-hydroxylation sites is 2. The van der Waals surface area contributed by atoms with Gasteiger partial charge in [-0.05, 0) is 18.2 Å². The maximum absolute atomic E-state index is 13.5. The second-order valence-electron chi connectivity index (χ2n) is 5.74. The van der Waals surface area contributed by atoms with Gasteiger partial charge in [0.15, 0.2) is 0 Å². The molecule has 4 aromatic rings. The highest BCUT2D eigenvalue weighted by Gasteiger charge is 2.30. The van der Waals surface area contributed by atoms with Crippen LogP contribution in [-0.4, -0.2) is 23.3 Å². The molecule has 0 saturated heterocycles. The number of benzene rings is 2. The number of nitrogens with zero attached hydrogens (tertiary/aromatic N) is 2. The molecule has 0 bridgehead atoms. The molecule has 2 aromatic carbocycles. The van der Waals surface area contributed by atoms with E-state index >= 15 is 0 Å². The van der Waals surface area contributed by atoms with E-state index in [1.807, 2.05) is 0 Å². The Morgan fingerprint density at radius 1 is 1.00 bits per heavy atom. The largest absolute Gasteiger partial charge is 0.396 e. The number of hydrogen-bond donors (Lipinski definition) is 2. The molecule has 0 atom stereocenters. The molecule has 2 aromatic heterocycles. The molecule has 0 fully saturated rings. The lowest BCUT2D eigenvalue weighted by Gasteiger charge is -2.12. The van der Waals surface area contributed by atoms with E-state index in [1.165, 1.54) is 12.3 Å². The first kappa shape index (κ1) is 16.1. The first-order valence-corrected chi connectivity index (χ1v) is 9.15. The molecule has 0 aliphatic carbocycles. The molecular weight excluding hydrogens is 352 g/mol. The quantitative estimate of drug-likeness (QED) is 0.575. The third-order valence-corrected chi connectivity index (χ3v) is 5.96. The summed E-state index contributed by atoms with van der Waals surface area (Å²) in [7, 11) is -4.17. The van der Waals surface area contributed by atoms with Crippen LogP contribution in [0.1, 0.15) is 10.5 Å². The summed E-state index contributed by atoms with van der Waals surface area (Å²) in [5.74, 6) is -0.921. The van der Waals surface area contributed by atoms with Gasteiger partial charge in [-0.2, -0.15) is 0 Å². The molecule has 7 nitrogen and oxygen atoms in total. The Kier molecular flexibility index (Phi) is 3.45. The first-order valence-electron chi connectivity index (χ1n) is 7.71. The number of anilines is 1. The number of nitrogens with two attached hydrogens (primary N) is 2. The highest BCUT2D eigenvalue weighted by molar-refractivity contribution is 7.90. The Morgan fingerprint density at radius 2 is 1.73 bits per heavy atom. The predicted octanol–water partition coefficient (Wildman–Crippen LogP) is 2.11. The third kappa shape index (κ3) is 2.16. The van der Waals surface area contributed by atoms with Crippen LogP contribution >= 0.6 is 0 Å². The number of carbonyl (C=O) groups is 1. The molecule has 0 radical (unpaired) electrons. The number of hydrogen-bond acceptors (Lipinski definition) is 5. The lowest BCUT2D eigenvalue weighted by molar-refractivity contribution is 0.0996. The number of carbonyl (C=O) groups excluding carboxylic acids is 1. The molecule has 4 rings (SSSR count). The summed E-state index contributed by atoms with van der Waals surface area (Å²) >= 11 is 0. The van der Waals surface area contributed by atoms with Crippen LogP contribution in [0.15, 0.2) is 65.7 Å². The molecule has 0 saturated carbocycles. The van der Waals surface area contributed by atoms with Gasteiger partial charge < -0.3 is 11.5 Å². The third-order valence-electron chi connectivity index (χ3n) is 4.22. The van der Waals surface area contributed by atoms with Gasteiger partial charge in [-0.15, -0.1) is 0 Å². The monoisotopic (exact) mass is 366 g/mol. The molecule has 130 valence electrons. The van der Waals surface area contributed by atoms with Crippen LogP contribution in [0.2, 0.25) is 0 Å². The van der Waals surface area contributed by atoms with Crippen LogP contribution in [0.4, 0.5) is 5.69 Å². The Labute approximate surface area is 148 Å². The Morgan fingerprint density at radius 3 is 2.50 bits per heavy atom. The maximum atomic E-state index is 13.5. The van der Waals surface area contributed by atoms with E-state index < -0.39 is 15.9 Å². The maximum Gasteiger partial charge on any atom is 0.271 e. The van der Waals surface area contributed by atoms with E-state index in [1.54, 1.807) is 48.5 Å². The number of rotatable bonds is 3. The number of fused-ring (bicyclic) bond motifs is 2. The van der Waals surface area contributed by atoms with Crippen molar-refractivity contribution >= 4 is 43.4 Å². The summed E-state index contributed by atoms with van der Waals surface area (Å²) in [4.78, 5) is 16.2. The van der Waals surface area contributed by atoms with Crippen LogP contribution in [0, 0.1) is 0 Å². The van der Waals surface area contributed by atoms with Crippen LogP contribution in [0.3, 0.4) is 0 Å². The van der Waals surface area contributed by atoms with Crippen molar-refractivity contribution in [2.45, 2.75) is 4.90 Å². The second kappa shape index (κ2) is 5.57. The van der Waals surface area contributed by atoms with E-state index in [4.69, 9.17) is 11.5 Å². The Balaban J connectivity index is 2.15.